The number of carboxylic acid groups (broad SMARTS) is 1. The Morgan fingerprint density at radius 3 is 2.56 bits per heavy atom. The van der Waals surface area contributed by atoms with Crippen molar-refractivity contribution in [2.75, 3.05) is 20.2 Å². The topological polar surface area (TPSA) is 131 Å². The van der Waals surface area contributed by atoms with E-state index in [4.69, 9.17) is 10.8 Å². The van der Waals surface area contributed by atoms with Crippen molar-refractivity contribution in [3.63, 3.8) is 0 Å². The molecule has 0 aromatic heterocycles. The van der Waals surface area contributed by atoms with Crippen molar-refractivity contribution in [2.45, 2.75) is 25.3 Å². The number of methoxy groups -OCH3 is 1. The highest BCUT2D eigenvalue weighted by Gasteiger charge is 2.20. The Kier molecular flexibility index (Phi) is 8.29. The van der Waals surface area contributed by atoms with Crippen molar-refractivity contribution in [1.82, 2.24) is 10.6 Å². The average Bonchev–Trinajstić information content (AvgIpc) is 2.33. The highest BCUT2D eigenvalue weighted by Crippen LogP contribution is 1.99. The van der Waals surface area contributed by atoms with Crippen molar-refractivity contribution in [2.24, 2.45) is 5.73 Å². The number of hydrogen-bond acceptors (Lipinski definition) is 5. The third-order valence-electron chi connectivity index (χ3n) is 2.13. The third-order valence-corrected chi connectivity index (χ3v) is 2.13. The lowest BCUT2D eigenvalue weighted by Gasteiger charge is -2.14. The van der Waals surface area contributed by atoms with Crippen LogP contribution >= 0.6 is 0 Å². The minimum atomic E-state index is -1.20. The molecule has 8 nitrogen and oxygen atoms in total. The predicted octanol–water partition coefficient (Wildman–Crippen LogP) is -0.959. The summed E-state index contributed by atoms with van der Waals surface area (Å²) in [5.74, 6) is -1.72. The van der Waals surface area contributed by atoms with Crippen molar-refractivity contribution in [3.05, 3.63) is 0 Å². The maximum atomic E-state index is 11.3. The zero-order chi connectivity index (χ0) is 14.0. The first-order chi connectivity index (χ1) is 8.51. The second kappa shape index (κ2) is 9.23. The van der Waals surface area contributed by atoms with Crippen molar-refractivity contribution in [1.29, 1.82) is 0 Å². The van der Waals surface area contributed by atoms with E-state index in [1.54, 1.807) is 0 Å². The molecule has 0 aromatic rings. The molecule has 0 saturated heterocycles. The molecule has 0 spiro atoms. The Labute approximate surface area is 105 Å². The van der Waals surface area contributed by atoms with Crippen LogP contribution in [0.1, 0.15) is 19.3 Å². The third kappa shape index (κ3) is 7.44. The monoisotopic (exact) mass is 261 g/mol. The van der Waals surface area contributed by atoms with Gasteiger partial charge >= 0.3 is 18.0 Å². The lowest BCUT2D eigenvalue weighted by molar-refractivity contribution is -0.142. The van der Waals surface area contributed by atoms with Crippen LogP contribution in [0.3, 0.4) is 0 Å². The van der Waals surface area contributed by atoms with Crippen molar-refractivity contribution >= 4 is 18.0 Å². The normalized spacial score (nSPS) is 11.4. The molecule has 0 radical (unpaired) electrons. The molecule has 5 N–H and O–H groups in total. The number of esters is 1. The van der Waals surface area contributed by atoms with E-state index >= 15 is 0 Å². The number of nitrogens with two attached hydrogens (primary N) is 1. The van der Waals surface area contributed by atoms with Gasteiger partial charge in [0, 0.05) is 13.0 Å². The number of aliphatic carboxylic acids is 1. The summed E-state index contributed by atoms with van der Waals surface area (Å²) in [6, 6.07) is -1.72. The van der Waals surface area contributed by atoms with Crippen LogP contribution in [-0.4, -0.2) is 49.3 Å². The van der Waals surface area contributed by atoms with E-state index in [9.17, 15) is 14.4 Å². The van der Waals surface area contributed by atoms with Gasteiger partial charge in [-0.05, 0) is 19.4 Å². The molecule has 18 heavy (non-hydrogen) atoms. The molecule has 0 aliphatic heterocycles. The van der Waals surface area contributed by atoms with E-state index in [0.717, 1.165) is 0 Å². The number of carbonyl (C=O) groups excluding carboxylic acids is 2. The number of amides is 2. The summed E-state index contributed by atoms with van der Waals surface area (Å²) in [5.41, 5.74) is 5.24. The Hall–Kier alpha value is -1.83. The zero-order valence-electron chi connectivity index (χ0n) is 10.3. The van der Waals surface area contributed by atoms with Crippen LogP contribution in [0.4, 0.5) is 4.79 Å². The van der Waals surface area contributed by atoms with Gasteiger partial charge in [0.2, 0.25) is 0 Å². The number of carbonyl (C=O) groups is 3. The number of nitrogens with one attached hydrogen (secondary N) is 2. The molecule has 0 fully saturated rings. The van der Waals surface area contributed by atoms with Gasteiger partial charge in [-0.25, -0.2) is 9.59 Å². The SMILES string of the molecule is COC(=O)CC[C@@H](NC(=O)NCCCN)C(=O)O. The first-order valence-electron chi connectivity index (χ1n) is 5.55. The van der Waals surface area contributed by atoms with Gasteiger partial charge in [0.15, 0.2) is 0 Å². The number of ether oxygens (including phenoxy) is 1. The van der Waals surface area contributed by atoms with E-state index in [-0.39, 0.29) is 12.8 Å². The minimum Gasteiger partial charge on any atom is -0.480 e. The van der Waals surface area contributed by atoms with Crippen LogP contribution in [-0.2, 0) is 14.3 Å². The Morgan fingerprint density at radius 2 is 2.06 bits per heavy atom. The lowest BCUT2D eigenvalue weighted by atomic mass is 10.1. The van der Waals surface area contributed by atoms with Crippen molar-refractivity contribution < 1.29 is 24.2 Å². The molecular weight excluding hydrogens is 242 g/mol. The maximum absolute atomic E-state index is 11.3. The fourth-order valence-electron chi connectivity index (χ4n) is 1.13. The summed E-state index contributed by atoms with van der Waals surface area (Å²) in [4.78, 5) is 33.0. The summed E-state index contributed by atoms with van der Waals surface area (Å²) < 4.78 is 4.39. The summed E-state index contributed by atoms with van der Waals surface area (Å²) in [6.07, 6.45) is 0.510. The average molecular weight is 261 g/mol. The van der Waals surface area contributed by atoms with E-state index < -0.39 is 24.0 Å². The molecule has 0 rings (SSSR count). The highest BCUT2D eigenvalue weighted by atomic mass is 16.5. The van der Waals surface area contributed by atoms with Gasteiger partial charge in [0.25, 0.3) is 0 Å². The summed E-state index contributed by atoms with van der Waals surface area (Å²) in [7, 11) is 1.21. The van der Waals surface area contributed by atoms with E-state index in [0.29, 0.717) is 19.5 Å². The molecule has 104 valence electrons. The smallest absolute Gasteiger partial charge is 0.326 e. The molecule has 0 aliphatic rings. The maximum Gasteiger partial charge on any atom is 0.326 e. The van der Waals surface area contributed by atoms with Gasteiger partial charge in [-0.2, -0.15) is 0 Å². The fourth-order valence-corrected chi connectivity index (χ4v) is 1.13. The minimum absolute atomic E-state index is 0.0215. The Balaban J connectivity index is 4.06. The first-order valence-corrected chi connectivity index (χ1v) is 5.55. The molecule has 0 aliphatic carbocycles. The molecule has 0 aromatic carbocycles. The number of hydrogen-bond donors (Lipinski definition) is 4. The second-order valence-electron chi connectivity index (χ2n) is 3.55. The number of rotatable bonds is 8. The first kappa shape index (κ1) is 16.2. The van der Waals surface area contributed by atoms with Crippen LogP contribution < -0.4 is 16.4 Å². The molecule has 0 bridgehead atoms. The van der Waals surface area contributed by atoms with E-state index in [2.05, 4.69) is 15.4 Å². The molecule has 8 heteroatoms. The molecular formula is C10H19N3O5. The second-order valence-corrected chi connectivity index (χ2v) is 3.55. The predicted molar refractivity (Wildman–Crippen MR) is 62.9 cm³/mol. The lowest BCUT2D eigenvalue weighted by Crippen LogP contribution is -2.46. The Morgan fingerprint density at radius 1 is 1.39 bits per heavy atom. The zero-order valence-corrected chi connectivity index (χ0v) is 10.3. The van der Waals surface area contributed by atoms with Gasteiger partial charge in [-0.15, -0.1) is 0 Å². The van der Waals surface area contributed by atoms with Gasteiger partial charge < -0.3 is 26.2 Å². The van der Waals surface area contributed by atoms with Crippen LogP contribution in [0.25, 0.3) is 0 Å². The molecule has 2 amide bonds. The van der Waals surface area contributed by atoms with Gasteiger partial charge in [-0.3, -0.25) is 4.79 Å². The highest BCUT2D eigenvalue weighted by molar-refractivity contribution is 5.83. The Bertz CT molecular complexity index is 295. The van der Waals surface area contributed by atoms with E-state index in [1.807, 2.05) is 0 Å². The van der Waals surface area contributed by atoms with Crippen LogP contribution in [0.15, 0.2) is 0 Å². The summed E-state index contributed by atoms with van der Waals surface area (Å²) in [6.45, 7) is 0.802. The standard InChI is InChI=1S/C10H19N3O5/c1-18-8(14)4-3-7(9(15)16)13-10(17)12-6-2-5-11/h7H,2-6,11H2,1H3,(H,15,16)(H2,12,13,17)/t7-/m1/s1. The van der Waals surface area contributed by atoms with Crippen LogP contribution in [0, 0.1) is 0 Å². The van der Waals surface area contributed by atoms with E-state index in [1.165, 1.54) is 7.11 Å². The molecule has 1 atom stereocenters. The molecule has 0 heterocycles. The number of carboxylic acids is 1. The fraction of sp³-hybridized carbons (Fsp3) is 0.700. The summed E-state index contributed by atoms with van der Waals surface area (Å²) in [5, 5.41) is 13.6. The van der Waals surface area contributed by atoms with Crippen LogP contribution in [0.2, 0.25) is 0 Å². The summed E-state index contributed by atoms with van der Waals surface area (Å²) >= 11 is 0. The quantitative estimate of drug-likeness (QED) is 0.329. The number of urea groups is 1. The largest absolute Gasteiger partial charge is 0.480 e. The van der Waals surface area contributed by atoms with Crippen LogP contribution in [0.5, 0.6) is 0 Å². The van der Waals surface area contributed by atoms with Gasteiger partial charge in [0.1, 0.15) is 6.04 Å². The van der Waals surface area contributed by atoms with Crippen molar-refractivity contribution in [3.8, 4) is 0 Å². The molecule has 0 saturated carbocycles. The van der Waals surface area contributed by atoms with Gasteiger partial charge in [0.05, 0.1) is 7.11 Å². The van der Waals surface area contributed by atoms with Gasteiger partial charge in [-0.1, -0.05) is 0 Å². The molecule has 0 unspecified atom stereocenters.